The van der Waals surface area contributed by atoms with Gasteiger partial charge in [-0.15, -0.1) is 0 Å². The topological polar surface area (TPSA) is 70.8 Å². The SMILES string of the molecule is Nc1ccccc1OCC(=O)OC1COC1. The highest BCUT2D eigenvalue weighted by Crippen LogP contribution is 2.19. The fraction of sp³-hybridized carbons (Fsp3) is 0.364. The first-order valence-electron chi connectivity index (χ1n) is 5.00. The predicted molar refractivity (Wildman–Crippen MR) is 57.0 cm³/mol. The van der Waals surface area contributed by atoms with Gasteiger partial charge in [0.15, 0.2) is 6.61 Å². The molecule has 0 bridgehead atoms. The fourth-order valence-electron chi connectivity index (χ4n) is 1.25. The molecule has 2 N–H and O–H groups in total. The lowest BCUT2D eigenvalue weighted by Crippen LogP contribution is -2.38. The maximum atomic E-state index is 11.3. The van der Waals surface area contributed by atoms with Crippen LogP contribution >= 0.6 is 0 Å². The Balaban J connectivity index is 1.78. The Hall–Kier alpha value is -1.75. The number of anilines is 1. The van der Waals surface area contributed by atoms with Crippen LogP contribution in [0.3, 0.4) is 0 Å². The Bertz CT molecular complexity index is 376. The van der Waals surface area contributed by atoms with Crippen LogP contribution in [0.1, 0.15) is 0 Å². The number of benzene rings is 1. The second-order valence-corrected chi connectivity index (χ2v) is 3.48. The van der Waals surface area contributed by atoms with Gasteiger partial charge in [-0.05, 0) is 12.1 Å². The van der Waals surface area contributed by atoms with Gasteiger partial charge in [0.1, 0.15) is 11.9 Å². The van der Waals surface area contributed by atoms with Crippen LogP contribution in [0.4, 0.5) is 5.69 Å². The van der Waals surface area contributed by atoms with Gasteiger partial charge in [-0.25, -0.2) is 4.79 Å². The molecule has 0 unspecified atom stereocenters. The molecule has 16 heavy (non-hydrogen) atoms. The number of ether oxygens (including phenoxy) is 3. The summed E-state index contributed by atoms with van der Waals surface area (Å²) in [5.74, 6) is 0.0841. The molecule has 0 saturated carbocycles. The highest BCUT2D eigenvalue weighted by atomic mass is 16.6. The molecule has 5 heteroatoms. The summed E-state index contributed by atoms with van der Waals surface area (Å²) in [4.78, 5) is 11.3. The first-order valence-corrected chi connectivity index (χ1v) is 5.00. The van der Waals surface area contributed by atoms with Crippen molar-refractivity contribution in [2.45, 2.75) is 6.10 Å². The predicted octanol–water partition coefficient (Wildman–Crippen LogP) is 0.590. The second kappa shape index (κ2) is 4.85. The zero-order chi connectivity index (χ0) is 11.4. The van der Waals surface area contributed by atoms with E-state index in [0.717, 1.165) is 0 Å². The molecule has 0 radical (unpaired) electrons. The average molecular weight is 223 g/mol. The van der Waals surface area contributed by atoms with Crippen LogP contribution in [0, 0.1) is 0 Å². The zero-order valence-corrected chi connectivity index (χ0v) is 8.72. The Morgan fingerprint density at radius 1 is 1.44 bits per heavy atom. The summed E-state index contributed by atoms with van der Waals surface area (Å²) < 4.78 is 15.1. The van der Waals surface area contributed by atoms with Gasteiger partial charge in [-0.1, -0.05) is 12.1 Å². The Labute approximate surface area is 93.1 Å². The van der Waals surface area contributed by atoms with E-state index >= 15 is 0 Å². The van der Waals surface area contributed by atoms with Crippen molar-refractivity contribution < 1.29 is 19.0 Å². The normalized spacial score (nSPS) is 15.2. The molecule has 0 atom stereocenters. The quantitative estimate of drug-likeness (QED) is 0.597. The first-order chi connectivity index (χ1) is 7.75. The van der Waals surface area contributed by atoms with Gasteiger partial charge in [0.2, 0.25) is 0 Å². The summed E-state index contributed by atoms with van der Waals surface area (Å²) in [5, 5.41) is 0. The zero-order valence-electron chi connectivity index (χ0n) is 8.72. The molecule has 1 aliphatic heterocycles. The Morgan fingerprint density at radius 3 is 2.81 bits per heavy atom. The molecule has 1 aromatic carbocycles. The van der Waals surface area contributed by atoms with Crippen molar-refractivity contribution in [3.63, 3.8) is 0 Å². The van der Waals surface area contributed by atoms with Gasteiger partial charge >= 0.3 is 5.97 Å². The maximum Gasteiger partial charge on any atom is 0.344 e. The van der Waals surface area contributed by atoms with Crippen molar-refractivity contribution in [2.75, 3.05) is 25.6 Å². The third-order valence-corrected chi connectivity index (χ3v) is 2.17. The van der Waals surface area contributed by atoms with Gasteiger partial charge < -0.3 is 19.9 Å². The van der Waals surface area contributed by atoms with E-state index in [-0.39, 0.29) is 12.7 Å². The first kappa shape index (κ1) is 10.8. The fourth-order valence-corrected chi connectivity index (χ4v) is 1.25. The molecule has 1 heterocycles. The number of carbonyl (C=O) groups is 1. The van der Waals surface area contributed by atoms with Gasteiger partial charge in [-0.3, -0.25) is 0 Å². The van der Waals surface area contributed by atoms with Crippen molar-refractivity contribution in [3.8, 4) is 5.75 Å². The summed E-state index contributed by atoms with van der Waals surface area (Å²) in [5.41, 5.74) is 6.15. The van der Waals surface area contributed by atoms with E-state index in [1.165, 1.54) is 0 Å². The smallest absolute Gasteiger partial charge is 0.344 e. The highest BCUT2D eigenvalue weighted by molar-refractivity contribution is 5.71. The summed E-state index contributed by atoms with van der Waals surface area (Å²) >= 11 is 0. The lowest BCUT2D eigenvalue weighted by Gasteiger charge is -2.25. The molecular formula is C11H13NO4. The van der Waals surface area contributed by atoms with E-state index in [9.17, 15) is 4.79 Å². The molecule has 2 rings (SSSR count). The van der Waals surface area contributed by atoms with Gasteiger partial charge in [-0.2, -0.15) is 0 Å². The number of esters is 1. The van der Waals surface area contributed by atoms with Gasteiger partial charge in [0.25, 0.3) is 0 Å². The molecule has 86 valence electrons. The van der Waals surface area contributed by atoms with Crippen LogP contribution in [-0.2, 0) is 14.3 Å². The average Bonchev–Trinajstić information content (AvgIpc) is 2.22. The van der Waals surface area contributed by atoms with E-state index in [0.29, 0.717) is 24.7 Å². The van der Waals surface area contributed by atoms with Crippen molar-refractivity contribution in [1.82, 2.24) is 0 Å². The van der Waals surface area contributed by atoms with Crippen molar-refractivity contribution in [2.24, 2.45) is 0 Å². The van der Waals surface area contributed by atoms with Crippen LogP contribution in [0.5, 0.6) is 5.75 Å². The molecule has 0 amide bonds. The van der Waals surface area contributed by atoms with E-state index in [1.54, 1.807) is 24.3 Å². The van der Waals surface area contributed by atoms with Crippen LogP contribution in [-0.4, -0.2) is 31.9 Å². The number of hydrogen-bond acceptors (Lipinski definition) is 5. The minimum absolute atomic E-state index is 0.121. The molecular weight excluding hydrogens is 210 g/mol. The molecule has 1 aliphatic rings. The molecule has 1 aromatic rings. The van der Waals surface area contributed by atoms with E-state index in [1.807, 2.05) is 0 Å². The lowest BCUT2D eigenvalue weighted by atomic mass is 10.3. The van der Waals surface area contributed by atoms with Crippen molar-refractivity contribution in [1.29, 1.82) is 0 Å². The van der Waals surface area contributed by atoms with E-state index in [4.69, 9.17) is 19.9 Å². The standard InChI is InChI=1S/C11H13NO4/c12-9-3-1-2-4-10(9)15-7-11(13)16-8-5-14-6-8/h1-4,8H,5-7,12H2. The third-order valence-electron chi connectivity index (χ3n) is 2.17. The molecule has 0 aliphatic carbocycles. The minimum Gasteiger partial charge on any atom is -0.480 e. The maximum absolute atomic E-state index is 11.3. The molecule has 0 spiro atoms. The summed E-state index contributed by atoms with van der Waals surface area (Å²) in [7, 11) is 0. The number of nitrogen functional groups attached to an aromatic ring is 1. The highest BCUT2D eigenvalue weighted by Gasteiger charge is 2.22. The Morgan fingerprint density at radius 2 is 2.19 bits per heavy atom. The van der Waals surface area contributed by atoms with Crippen LogP contribution in [0.25, 0.3) is 0 Å². The second-order valence-electron chi connectivity index (χ2n) is 3.48. The number of para-hydroxylation sites is 2. The van der Waals surface area contributed by atoms with Crippen LogP contribution in [0.15, 0.2) is 24.3 Å². The third kappa shape index (κ3) is 2.64. The van der Waals surface area contributed by atoms with Gasteiger partial charge in [0, 0.05) is 0 Å². The van der Waals surface area contributed by atoms with Gasteiger partial charge in [0.05, 0.1) is 18.9 Å². The summed E-state index contributed by atoms with van der Waals surface area (Å²) in [6, 6.07) is 7.00. The monoisotopic (exact) mass is 223 g/mol. The lowest BCUT2D eigenvalue weighted by molar-refractivity contribution is -0.174. The number of carbonyl (C=O) groups excluding carboxylic acids is 1. The van der Waals surface area contributed by atoms with E-state index < -0.39 is 5.97 Å². The largest absolute Gasteiger partial charge is 0.480 e. The number of rotatable bonds is 4. The molecule has 1 saturated heterocycles. The Kier molecular flexibility index (Phi) is 3.26. The molecule has 5 nitrogen and oxygen atoms in total. The summed E-state index contributed by atoms with van der Waals surface area (Å²) in [6.07, 6.45) is -0.121. The van der Waals surface area contributed by atoms with Crippen molar-refractivity contribution >= 4 is 11.7 Å². The number of nitrogens with two attached hydrogens (primary N) is 1. The van der Waals surface area contributed by atoms with E-state index in [2.05, 4.69) is 0 Å². The van der Waals surface area contributed by atoms with Crippen molar-refractivity contribution in [3.05, 3.63) is 24.3 Å². The minimum atomic E-state index is -0.406. The summed E-state index contributed by atoms with van der Waals surface area (Å²) in [6.45, 7) is 0.809. The molecule has 0 aromatic heterocycles. The number of hydrogen-bond donors (Lipinski definition) is 1. The van der Waals surface area contributed by atoms with Crippen LogP contribution < -0.4 is 10.5 Å². The molecule has 1 fully saturated rings. The van der Waals surface area contributed by atoms with Crippen LogP contribution in [0.2, 0.25) is 0 Å².